The van der Waals surface area contributed by atoms with E-state index in [1.807, 2.05) is 38.1 Å². The molecule has 1 atom stereocenters. The van der Waals surface area contributed by atoms with E-state index in [2.05, 4.69) is 25.2 Å². The maximum absolute atomic E-state index is 10.7. The number of nitrogens with one attached hydrogen (secondary N) is 1. The average Bonchev–Trinajstić information content (AvgIpc) is 2.63. The molecule has 0 aliphatic heterocycles. The quantitative estimate of drug-likeness (QED) is 0.572. The van der Waals surface area contributed by atoms with E-state index >= 15 is 0 Å². The van der Waals surface area contributed by atoms with Crippen LogP contribution >= 0.6 is 0 Å². The summed E-state index contributed by atoms with van der Waals surface area (Å²) in [6, 6.07) is 9.73. The third kappa shape index (κ3) is 5.71. The lowest BCUT2D eigenvalue weighted by Gasteiger charge is -2.19. The second kappa shape index (κ2) is 9.57. The maximum Gasteiger partial charge on any atom is 0.341 e. The Bertz CT molecular complexity index is 809. The van der Waals surface area contributed by atoms with Gasteiger partial charge in [0.25, 0.3) is 6.41 Å². The van der Waals surface area contributed by atoms with Crippen LogP contribution in [0.3, 0.4) is 0 Å². The molecule has 0 heterocycles. The fourth-order valence-electron chi connectivity index (χ4n) is 3.11. The second-order valence-corrected chi connectivity index (χ2v) is 7.18. The Balaban J connectivity index is 2.27. The van der Waals surface area contributed by atoms with Gasteiger partial charge in [0.1, 0.15) is 11.5 Å². The predicted molar refractivity (Wildman–Crippen MR) is 108 cm³/mol. The van der Waals surface area contributed by atoms with Crippen molar-refractivity contribution in [3.05, 3.63) is 58.1 Å². The molecule has 6 nitrogen and oxygen atoms in total. The molecule has 6 heteroatoms. The smallest absolute Gasteiger partial charge is 0.341 e. The summed E-state index contributed by atoms with van der Waals surface area (Å²) >= 11 is 0. The van der Waals surface area contributed by atoms with E-state index in [4.69, 9.17) is 14.6 Å². The van der Waals surface area contributed by atoms with Crippen LogP contribution in [-0.4, -0.2) is 36.3 Å². The number of carboxylic acid groups (broad SMARTS) is 1. The van der Waals surface area contributed by atoms with Crippen molar-refractivity contribution in [2.45, 2.75) is 46.4 Å². The summed E-state index contributed by atoms with van der Waals surface area (Å²) in [7, 11) is 1.63. The van der Waals surface area contributed by atoms with Crippen molar-refractivity contribution in [1.29, 1.82) is 0 Å². The highest BCUT2D eigenvalue weighted by Gasteiger charge is 2.14. The molecule has 0 fully saturated rings. The number of hydrogen-bond donors (Lipinski definition) is 3. The van der Waals surface area contributed by atoms with Gasteiger partial charge in [0, 0.05) is 0 Å². The number of rotatable bonds is 9. The van der Waals surface area contributed by atoms with Crippen LogP contribution in [0, 0.1) is 13.8 Å². The van der Waals surface area contributed by atoms with Gasteiger partial charge in [-0.15, -0.1) is 0 Å². The molecule has 0 aromatic heterocycles. The van der Waals surface area contributed by atoms with Crippen LogP contribution in [0.15, 0.2) is 30.3 Å². The first-order valence-corrected chi connectivity index (χ1v) is 9.30. The van der Waals surface area contributed by atoms with E-state index in [0.29, 0.717) is 11.5 Å². The van der Waals surface area contributed by atoms with E-state index in [1.165, 1.54) is 5.56 Å². The molecule has 3 N–H and O–H groups in total. The number of hydrogen-bond acceptors (Lipinski definition) is 5. The molecular weight excluding hydrogens is 358 g/mol. The van der Waals surface area contributed by atoms with Gasteiger partial charge < -0.3 is 19.7 Å². The van der Waals surface area contributed by atoms with Crippen molar-refractivity contribution in [1.82, 2.24) is 5.32 Å². The molecule has 0 aliphatic carbocycles. The van der Waals surface area contributed by atoms with Crippen molar-refractivity contribution < 1.29 is 24.5 Å². The summed E-state index contributed by atoms with van der Waals surface area (Å²) < 4.78 is 10.9. The minimum Gasteiger partial charge on any atom is -0.482 e. The molecule has 2 rings (SSSR count). The monoisotopic (exact) mass is 387 g/mol. The van der Waals surface area contributed by atoms with Gasteiger partial charge in [-0.05, 0) is 79.3 Å². The molecule has 2 aromatic rings. The Hall–Kier alpha value is -2.57. The van der Waals surface area contributed by atoms with Gasteiger partial charge in [0.05, 0.1) is 0 Å². The Morgan fingerprint density at radius 2 is 1.79 bits per heavy atom. The molecule has 0 spiro atoms. The van der Waals surface area contributed by atoms with Crippen LogP contribution in [0.4, 0.5) is 0 Å². The van der Waals surface area contributed by atoms with Gasteiger partial charge in [-0.1, -0.05) is 26.0 Å². The molecule has 0 amide bonds. The lowest BCUT2D eigenvalue weighted by molar-refractivity contribution is -0.139. The number of carboxylic acids is 1. The summed E-state index contributed by atoms with van der Waals surface area (Å²) in [4.78, 5) is 10.7. The summed E-state index contributed by atoms with van der Waals surface area (Å²) in [5, 5.41) is 21.1. The summed E-state index contributed by atoms with van der Waals surface area (Å²) in [6.45, 7) is 7.82. The minimum atomic E-state index is -1.05. The zero-order valence-corrected chi connectivity index (χ0v) is 17.1. The van der Waals surface area contributed by atoms with Crippen molar-refractivity contribution in [3.8, 4) is 11.5 Å². The molecule has 0 radical (unpaired) electrons. The van der Waals surface area contributed by atoms with Crippen LogP contribution in [-0.2, 0) is 11.2 Å². The Morgan fingerprint density at radius 3 is 2.32 bits per heavy atom. The SMILES string of the molecule is CNC(O)Oc1ccc(Cc2c(C)cc(OCC(=O)O)cc2C)cc1C(C)C. The van der Waals surface area contributed by atoms with Crippen LogP contribution in [0.2, 0.25) is 0 Å². The lowest BCUT2D eigenvalue weighted by Crippen LogP contribution is -2.30. The van der Waals surface area contributed by atoms with Crippen LogP contribution < -0.4 is 14.8 Å². The van der Waals surface area contributed by atoms with Gasteiger partial charge in [-0.2, -0.15) is 0 Å². The Kier molecular flexibility index (Phi) is 7.43. The number of carbonyl (C=O) groups is 1. The highest BCUT2D eigenvalue weighted by molar-refractivity contribution is 5.68. The van der Waals surface area contributed by atoms with Crippen molar-refractivity contribution in [3.63, 3.8) is 0 Å². The molecule has 1 unspecified atom stereocenters. The topological polar surface area (TPSA) is 88.0 Å². The van der Waals surface area contributed by atoms with Gasteiger partial charge in [-0.3, -0.25) is 5.32 Å². The largest absolute Gasteiger partial charge is 0.482 e. The fourth-order valence-corrected chi connectivity index (χ4v) is 3.11. The molecule has 2 aromatic carbocycles. The Morgan fingerprint density at radius 1 is 1.14 bits per heavy atom. The van der Waals surface area contributed by atoms with E-state index < -0.39 is 12.4 Å². The average molecular weight is 387 g/mol. The minimum absolute atomic E-state index is 0.244. The van der Waals surface area contributed by atoms with E-state index in [-0.39, 0.29) is 12.5 Å². The maximum atomic E-state index is 10.7. The standard InChI is InChI=1S/C22H29NO5/c1-13(2)18-10-16(6-7-20(18)28-22(26)23-5)11-19-14(3)8-17(9-15(19)4)27-12-21(24)25/h6-10,13,22-23,26H,11-12H2,1-5H3,(H,24,25). The van der Waals surface area contributed by atoms with Gasteiger partial charge >= 0.3 is 5.97 Å². The number of aliphatic hydroxyl groups excluding tert-OH is 1. The zero-order valence-electron chi connectivity index (χ0n) is 17.1. The number of aryl methyl sites for hydroxylation is 2. The van der Waals surface area contributed by atoms with E-state index in [1.54, 1.807) is 7.05 Å². The third-order valence-electron chi connectivity index (χ3n) is 4.59. The molecule has 0 saturated carbocycles. The molecule has 0 saturated heterocycles. The summed E-state index contributed by atoms with van der Waals surface area (Å²) in [5.74, 6) is 0.472. The fraction of sp³-hybridized carbons (Fsp3) is 0.409. The van der Waals surface area contributed by atoms with E-state index in [0.717, 1.165) is 28.7 Å². The van der Waals surface area contributed by atoms with Crippen LogP contribution in [0.5, 0.6) is 11.5 Å². The number of benzene rings is 2. The first-order chi connectivity index (χ1) is 13.2. The Labute approximate surface area is 166 Å². The third-order valence-corrected chi connectivity index (χ3v) is 4.59. The van der Waals surface area contributed by atoms with Crippen LogP contribution in [0.25, 0.3) is 0 Å². The second-order valence-electron chi connectivity index (χ2n) is 7.18. The van der Waals surface area contributed by atoms with Gasteiger partial charge in [0.15, 0.2) is 6.61 Å². The number of aliphatic carboxylic acids is 1. The highest BCUT2D eigenvalue weighted by atomic mass is 16.6. The lowest BCUT2D eigenvalue weighted by atomic mass is 9.93. The molecule has 0 bridgehead atoms. The van der Waals surface area contributed by atoms with Crippen molar-refractivity contribution in [2.24, 2.45) is 0 Å². The summed E-state index contributed by atoms with van der Waals surface area (Å²) in [6.07, 6.45) is -0.308. The zero-order chi connectivity index (χ0) is 20.8. The van der Waals surface area contributed by atoms with Crippen molar-refractivity contribution in [2.75, 3.05) is 13.7 Å². The number of aliphatic hydroxyl groups is 1. The molecule has 28 heavy (non-hydrogen) atoms. The van der Waals surface area contributed by atoms with Crippen molar-refractivity contribution >= 4 is 5.97 Å². The first kappa shape index (κ1) is 21.7. The molecule has 152 valence electrons. The van der Waals surface area contributed by atoms with Crippen LogP contribution in [0.1, 0.15) is 47.6 Å². The van der Waals surface area contributed by atoms with Gasteiger partial charge in [0.2, 0.25) is 0 Å². The van der Waals surface area contributed by atoms with E-state index in [9.17, 15) is 9.90 Å². The molecule has 0 aliphatic rings. The number of ether oxygens (including phenoxy) is 2. The normalized spacial score (nSPS) is 12.1. The predicted octanol–water partition coefficient (Wildman–Crippen LogP) is 3.36. The molecular formula is C22H29NO5. The van der Waals surface area contributed by atoms with Gasteiger partial charge in [-0.25, -0.2) is 4.79 Å². The summed E-state index contributed by atoms with van der Waals surface area (Å²) in [5.41, 5.74) is 5.46. The first-order valence-electron chi connectivity index (χ1n) is 9.30. The highest BCUT2D eigenvalue weighted by Crippen LogP contribution is 2.30.